The highest BCUT2D eigenvalue weighted by molar-refractivity contribution is 5.24. The van der Waals surface area contributed by atoms with Crippen molar-refractivity contribution in [3.63, 3.8) is 0 Å². The third-order valence-electron chi connectivity index (χ3n) is 5.77. The van der Waals surface area contributed by atoms with Gasteiger partial charge in [-0.1, -0.05) is 0 Å². The first-order valence-corrected chi connectivity index (χ1v) is 10.5. The third-order valence-corrected chi connectivity index (χ3v) is 5.77. The second-order valence-electron chi connectivity index (χ2n) is 8.19. The fourth-order valence-electron chi connectivity index (χ4n) is 4.19. The molecular formula is C22H29N5O3. The molecule has 2 N–H and O–H groups in total. The second kappa shape index (κ2) is 8.57. The Labute approximate surface area is 175 Å². The Bertz CT molecular complexity index is 1060. The van der Waals surface area contributed by atoms with Gasteiger partial charge in [-0.05, 0) is 70.7 Å². The summed E-state index contributed by atoms with van der Waals surface area (Å²) >= 11 is 0. The van der Waals surface area contributed by atoms with E-state index in [2.05, 4.69) is 15.5 Å². The summed E-state index contributed by atoms with van der Waals surface area (Å²) in [5, 5.41) is 22.8. The molecule has 1 saturated carbocycles. The van der Waals surface area contributed by atoms with E-state index < -0.39 is 6.10 Å². The third kappa shape index (κ3) is 4.39. The molecule has 1 aliphatic rings. The molecule has 3 aromatic rings. The highest BCUT2D eigenvalue weighted by Gasteiger charge is 2.25. The molecule has 0 aliphatic heterocycles. The predicted octanol–water partition coefficient (Wildman–Crippen LogP) is 2.75. The molecule has 0 spiro atoms. The monoisotopic (exact) mass is 411 g/mol. The van der Waals surface area contributed by atoms with Gasteiger partial charge in [-0.15, -0.1) is 5.10 Å². The van der Waals surface area contributed by atoms with Gasteiger partial charge in [0.05, 0.1) is 11.7 Å². The number of hydrogen-bond donors (Lipinski definition) is 2. The summed E-state index contributed by atoms with van der Waals surface area (Å²) in [4.78, 5) is 12.5. The zero-order valence-corrected chi connectivity index (χ0v) is 17.7. The molecule has 1 atom stereocenters. The lowest BCUT2D eigenvalue weighted by atomic mass is 9.91. The Balaban J connectivity index is 1.37. The van der Waals surface area contributed by atoms with Crippen LogP contribution in [0.3, 0.4) is 0 Å². The molecule has 0 bridgehead atoms. The van der Waals surface area contributed by atoms with E-state index in [1.165, 1.54) is 0 Å². The molecule has 8 nitrogen and oxygen atoms in total. The molecule has 0 radical (unpaired) electrons. The number of aliphatic hydroxyl groups excluding tert-OH is 1. The van der Waals surface area contributed by atoms with E-state index in [0.29, 0.717) is 24.2 Å². The van der Waals surface area contributed by atoms with Crippen LogP contribution in [0.5, 0.6) is 0 Å². The predicted molar refractivity (Wildman–Crippen MR) is 113 cm³/mol. The number of aliphatic hydroxyl groups is 1. The summed E-state index contributed by atoms with van der Waals surface area (Å²) in [6.45, 7) is 6.24. The highest BCUT2D eigenvalue weighted by Crippen LogP contribution is 2.27. The molecule has 3 heterocycles. The van der Waals surface area contributed by atoms with Crippen LogP contribution in [-0.2, 0) is 0 Å². The summed E-state index contributed by atoms with van der Waals surface area (Å²) < 4.78 is 8.87. The summed E-state index contributed by atoms with van der Waals surface area (Å²) in [5.41, 5.74) is 1.83. The lowest BCUT2D eigenvalue weighted by Crippen LogP contribution is -2.38. The number of furan rings is 1. The summed E-state index contributed by atoms with van der Waals surface area (Å²) in [7, 11) is 0. The Kier molecular flexibility index (Phi) is 5.87. The normalized spacial score (nSPS) is 20.4. The molecule has 3 aromatic heterocycles. The quantitative estimate of drug-likeness (QED) is 0.647. The maximum absolute atomic E-state index is 12.5. The summed E-state index contributed by atoms with van der Waals surface area (Å²) in [6, 6.07) is 9.34. The fraction of sp³-hybridized carbons (Fsp3) is 0.500. The molecule has 160 valence electrons. The Morgan fingerprint density at radius 1 is 1.13 bits per heavy atom. The zero-order chi connectivity index (χ0) is 21.3. The van der Waals surface area contributed by atoms with Crippen molar-refractivity contribution in [2.75, 3.05) is 6.54 Å². The van der Waals surface area contributed by atoms with Crippen LogP contribution in [0, 0.1) is 20.8 Å². The van der Waals surface area contributed by atoms with Crippen LogP contribution in [0.4, 0.5) is 0 Å². The SMILES string of the molecule is Cc1cc(C)n(-c2ccc(=O)n(C3CCC(NCC(O)c4ccc(C)o4)CC3)n2)n1. The average molecular weight is 412 g/mol. The number of aromatic nitrogens is 4. The van der Waals surface area contributed by atoms with E-state index in [-0.39, 0.29) is 11.6 Å². The first-order chi connectivity index (χ1) is 14.4. The molecule has 0 aromatic carbocycles. The molecule has 1 fully saturated rings. The van der Waals surface area contributed by atoms with Crippen molar-refractivity contribution >= 4 is 0 Å². The molecule has 30 heavy (non-hydrogen) atoms. The van der Waals surface area contributed by atoms with Gasteiger partial charge in [-0.25, -0.2) is 9.36 Å². The van der Waals surface area contributed by atoms with Gasteiger partial charge in [0.2, 0.25) is 0 Å². The van der Waals surface area contributed by atoms with Crippen molar-refractivity contribution < 1.29 is 9.52 Å². The number of aryl methyl sites for hydroxylation is 3. The highest BCUT2D eigenvalue weighted by atomic mass is 16.4. The molecular weight excluding hydrogens is 382 g/mol. The van der Waals surface area contributed by atoms with Crippen molar-refractivity contribution in [2.45, 2.75) is 64.6 Å². The van der Waals surface area contributed by atoms with Gasteiger partial charge in [-0.3, -0.25) is 4.79 Å². The van der Waals surface area contributed by atoms with E-state index in [9.17, 15) is 9.90 Å². The lowest BCUT2D eigenvalue weighted by molar-refractivity contribution is 0.136. The van der Waals surface area contributed by atoms with E-state index in [1.54, 1.807) is 21.5 Å². The number of nitrogens with one attached hydrogen (secondary N) is 1. The van der Waals surface area contributed by atoms with Gasteiger partial charge in [0.1, 0.15) is 17.6 Å². The van der Waals surface area contributed by atoms with Crippen molar-refractivity contribution in [3.8, 4) is 5.82 Å². The molecule has 1 aliphatic carbocycles. The van der Waals surface area contributed by atoms with E-state index in [1.807, 2.05) is 39.0 Å². The van der Waals surface area contributed by atoms with Crippen molar-refractivity contribution in [1.29, 1.82) is 0 Å². The van der Waals surface area contributed by atoms with Crippen LogP contribution in [0.25, 0.3) is 5.82 Å². The van der Waals surface area contributed by atoms with Gasteiger partial charge in [0.25, 0.3) is 5.56 Å². The maximum Gasteiger partial charge on any atom is 0.267 e. The molecule has 0 amide bonds. The number of rotatable bonds is 6. The minimum atomic E-state index is -0.654. The van der Waals surface area contributed by atoms with E-state index in [0.717, 1.165) is 42.8 Å². The topological polar surface area (TPSA) is 98.1 Å². The van der Waals surface area contributed by atoms with Crippen LogP contribution < -0.4 is 10.9 Å². The number of nitrogens with zero attached hydrogens (tertiary/aromatic N) is 4. The summed E-state index contributed by atoms with van der Waals surface area (Å²) in [6.07, 6.45) is 2.92. The Morgan fingerprint density at radius 2 is 1.90 bits per heavy atom. The van der Waals surface area contributed by atoms with Gasteiger partial charge < -0.3 is 14.8 Å². The maximum atomic E-state index is 12.5. The zero-order valence-electron chi connectivity index (χ0n) is 17.7. The van der Waals surface area contributed by atoms with Crippen LogP contribution in [0.15, 0.2) is 39.5 Å². The van der Waals surface area contributed by atoms with Gasteiger partial charge in [-0.2, -0.15) is 5.10 Å². The van der Waals surface area contributed by atoms with Crippen LogP contribution in [0.1, 0.15) is 60.7 Å². The van der Waals surface area contributed by atoms with Crippen LogP contribution in [-0.4, -0.2) is 37.3 Å². The second-order valence-corrected chi connectivity index (χ2v) is 8.19. The minimum absolute atomic E-state index is 0.0742. The lowest BCUT2D eigenvalue weighted by Gasteiger charge is -2.30. The minimum Gasteiger partial charge on any atom is -0.464 e. The Morgan fingerprint density at radius 3 is 2.53 bits per heavy atom. The van der Waals surface area contributed by atoms with Gasteiger partial charge in [0, 0.05) is 24.3 Å². The van der Waals surface area contributed by atoms with Gasteiger partial charge >= 0.3 is 0 Å². The number of hydrogen-bond acceptors (Lipinski definition) is 6. The van der Waals surface area contributed by atoms with E-state index >= 15 is 0 Å². The van der Waals surface area contributed by atoms with Crippen molar-refractivity contribution in [2.24, 2.45) is 0 Å². The smallest absolute Gasteiger partial charge is 0.267 e. The largest absolute Gasteiger partial charge is 0.464 e. The average Bonchev–Trinajstić information content (AvgIpc) is 3.32. The molecule has 0 saturated heterocycles. The Hall–Kier alpha value is -2.71. The standard InChI is InChI=1S/C22H29N5O3/c1-14-12-15(2)26(24-14)21-10-11-22(29)27(25-21)18-7-5-17(6-8-18)23-13-19(28)20-9-4-16(3)30-20/h4,9-12,17-19,23,28H,5-8,13H2,1-3H3. The summed E-state index contributed by atoms with van der Waals surface area (Å²) in [5.74, 6) is 2.05. The van der Waals surface area contributed by atoms with Crippen LogP contribution in [0.2, 0.25) is 0 Å². The molecule has 4 rings (SSSR count). The van der Waals surface area contributed by atoms with Gasteiger partial charge in [0.15, 0.2) is 5.82 Å². The fourth-order valence-corrected chi connectivity index (χ4v) is 4.19. The van der Waals surface area contributed by atoms with Crippen molar-refractivity contribution in [1.82, 2.24) is 24.9 Å². The molecule has 1 unspecified atom stereocenters. The molecule has 8 heteroatoms. The van der Waals surface area contributed by atoms with E-state index in [4.69, 9.17) is 4.42 Å². The van der Waals surface area contributed by atoms with Crippen molar-refractivity contribution in [3.05, 3.63) is 63.6 Å². The van der Waals surface area contributed by atoms with Crippen LogP contribution >= 0.6 is 0 Å². The first-order valence-electron chi connectivity index (χ1n) is 10.5. The first kappa shape index (κ1) is 20.6.